The molecule has 0 bridgehead atoms. The Labute approximate surface area is 133 Å². The Morgan fingerprint density at radius 2 is 2.00 bits per heavy atom. The highest BCUT2D eigenvalue weighted by Gasteiger charge is 2.23. The van der Waals surface area contributed by atoms with Gasteiger partial charge in [0.25, 0.3) is 0 Å². The van der Waals surface area contributed by atoms with Crippen LogP contribution in [0.1, 0.15) is 37.9 Å². The molecule has 1 aromatic carbocycles. The highest BCUT2D eigenvalue weighted by atomic mass is 35.5. The molecular weight excluding hydrogens is 312 g/mol. The summed E-state index contributed by atoms with van der Waals surface area (Å²) in [4.78, 5) is 4.22. The number of halogens is 3. The van der Waals surface area contributed by atoms with Crippen LogP contribution in [0.15, 0.2) is 24.7 Å². The van der Waals surface area contributed by atoms with Gasteiger partial charge in [0.1, 0.15) is 0 Å². The minimum Gasteiger partial charge on any atom is -0.306 e. The lowest BCUT2D eigenvalue weighted by atomic mass is 9.97. The molecule has 1 aromatic heterocycles. The first kappa shape index (κ1) is 14.8. The molecule has 0 amide bonds. The zero-order valence-corrected chi connectivity index (χ0v) is 13.1. The molecule has 1 aliphatic rings. The molecule has 2 heterocycles. The molecule has 0 radical (unpaired) electrons. The number of piperidine rings is 1. The van der Waals surface area contributed by atoms with Crippen molar-refractivity contribution in [3.05, 3.63) is 46.2 Å². The first-order valence-electron chi connectivity index (χ1n) is 6.99. The third-order valence-electron chi connectivity index (χ3n) is 3.89. The van der Waals surface area contributed by atoms with Crippen molar-refractivity contribution in [2.45, 2.75) is 38.3 Å². The molecule has 1 aliphatic heterocycles. The van der Waals surface area contributed by atoms with Gasteiger partial charge in [0.2, 0.25) is 0 Å². The fourth-order valence-corrected chi connectivity index (χ4v) is 3.31. The van der Waals surface area contributed by atoms with Gasteiger partial charge in [0.05, 0.1) is 28.3 Å². The van der Waals surface area contributed by atoms with Gasteiger partial charge >= 0.3 is 0 Å². The number of nitrogens with zero attached hydrogens (tertiary/aromatic N) is 2. The lowest BCUT2D eigenvalue weighted by molar-refractivity contribution is 0.334. The summed E-state index contributed by atoms with van der Waals surface area (Å²) in [7, 11) is 0. The molecule has 112 valence electrons. The summed E-state index contributed by atoms with van der Waals surface area (Å²) in [5, 5.41) is 3.60. The number of hydrogen-bond donors (Lipinski definition) is 1. The molecule has 2 atom stereocenters. The summed E-state index contributed by atoms with van der Waals surface area (Å²) in [6, 6.07) is 3.85. The van der Waals surface area contributed by atoms with Crippen molar-refractivity contribution in [3.8, 4) is 5.69 Å². The van der Waals surface area contributed by atoms with E-state index in [1.165, 1.54) is 12.8 Å². The maximum absolute atomic E-state index is 13.6. The second-order valence-corrected chi connectivity index (χ2v) is 6.28. The van der Waals surface area contributed by atoms with Crippen molar-refractivity contribution >= 4 is 23.2 Å². The van der Waals surface area contributed by atoms with Crippen LogP contribution in [0.3, 0.4) is 0 Å². The molecule has 1 saturated heterocycles. The highest BCUT2D eigenvalue weighted by Crippen LogP contribution is 2.30. The van der Waals surface area contributed by atoms with Crippen LogP contribution in [0.25, 0.3) is 5.69 Å². The summed E-state index contributed by atoms with van der Waals surface area (Å²) in [5.74, 6) is -0.590. The van der Waals surface area contributed by atoms with Gasteiger partial charge < -0.3 is 9.88 Å². The second kappa shape index (κ2) is 5.95. The maximum Gasteiger partial charge on any atom is 0.160 e. The Morgan fingerprint density at radius 1 is 1.29 bits per heavy atom. The van der Waals surface area contributed by atoms with E-state index in [-0.39, 0.29) is 16.1 Å². The van der Waals surface area contributed by atoms with Crippen molar-refractivity contribution in [1.29, 1.82) is 0 Å². The summed E-state index contributed by atoms with van der Waals surface area (Å²) < 4.78 is 15.5. The highest BCUT2D eigenvalue weighted by molar-refractivity contribution is 6.35. The third kappa shape index (κ3) is 2.93. The normalized spacial score (nSPS) is 22.5. The lowest BCUT2D eigenvalue weighted by Gasteiger charge is -2.29. The van der Waals surface area contributed by atoms with Crippen LogP contribution in [-0.2, 0) is 0 Å². The smallest absolute Gasteiger partial charge is 0.160 e. The van der Waals surface area contributed by atoms with Crippen LogP contribution in [0, 0.1) is 5.82 Å². The van der Waals surface area contributed by atoms with Crippen LogP contribution in [0.4, 0.5) is 4.39 Å². The Bertz CT molecular complexity index is 633. The van der Waals surface area contributed by atoms with Gasteiger partial charge in [-0.1, -0.05) is 23.2 Å². The van der Waals surface area contributed by atoms with E-state index < -0.39 is 5.82 Å². The fraction of sp³-hybridized carbons (Fsp3) is 0.400. The monoisotopic (exact) mass is 327 g/mol. The fourth-order valence-electron chi connectivity index (χ4n) is 2.83. The molecule has 3 nitrogen and oxygen atoms in total. The summed E-state index contributed by atoms with van der Waals surface area (Å²) in [5.41, 5.74) is 1.76. The van der Waals surface area contributed by atoms with Crippen molar-refractivity contribution in [2.24, 2.45) is 0 Å². The average Bonchev–Trinajstić information content (AvgIpc) is 2.93. The molecule has 0 aliphatic carbocycles. The predicted molar refractivity (Wildman–Crippen MR) is 82.7 cm³/mol. The van der Waals surface area contributed by atoms with Crippen LogP contribution in [0.2, 0.25) is 10.0 Å². The van der Waals surface area contributed by atoms with Crippen molar-refractivity contribution in [1.82, 2.24) is 14.9 Å². The average molecular weight is 328 g/mol. The zero-order chi connectivity index (χ0) is 15.0. The SMILES string of the molecule is CC1CCCC(c2cncn2-c2cc(Cl)c(F)c(Cl)c2)N1. The second-order valence-electron chi connectivity index (χ2n) is 5.46. The van der Waals surface area contributed by atoms with Gasteiger partial charge in [-0.25, -0.2) is 9.37 Å². The largest absolute Gasteiger partial charge is 0.306 e. The van der Waals surface area contributed by atoms with Crippen molar-refractivity contribution in [2.75, 3.05) is 0 Å². The van der Waals surface area contributed by atoms with E-state index in [0.29, 0.717) is 6.04 Å². The molecule has 0 saturated carbocycles. The number of hydrogen-bond acceptors (Lipinski definition) is 2. The van der Waals surface area contributed by atoms with Crippen LogP contribution in [-0.4, -0.2) is 15.6 Å². The van der Waals surface area contributed by atoms with Gasteiger partial charge in [-0.15, -0.1) is 0 Å². The Hall–Kier alpha value is -1.10. The van der Waals surface area contributed by atoms with Gasteiger partial charge in [0.15, 0.2) is 5.82 Å². The van der Waals surface area contributed by atoms with E-state index in [9.17, 15) is 4.39 Å². The van der Waals surface area contributed by atoms with Gasteiger partial charge in [-0.3, -0.25) is 0 Å². The van der Waals surface area contributed by atoms with E-state index in [4.69, 9.17) is 23.2 Å². The number of benzene rings is 1. The molecule has 2 aromatic rings. The minimum absolute atomic E-state index is 0.0159. The van der Waals surface area contributed by atoms with Crippen LogP contribution in [0.5, 0.6) is 0 Å². The summed E-state index contributed by atoms with van der Waals surface area (Å²) >= 11 is 11.8. The van der Waals surface area contributed by atoms with Gasteiger partial charge in [-0.2, -0.15) is 0 Å². The first-order chi connectivity index (χ1) is 10.1. The van der Waals surface area contributed by atoms with Crippen LogP contribution >= 0.6 is 23.2 Å². The number of aromatic nitrogens is 2. The Kier molecular flexibility index (Phi) is 4.20. The Balaban J connectivity index is 1.99. The zero-order valence-electron chi connectivity index (χ0n) is 11.6. The van der Waals surface area contributed by atoms with Gasteiger partial charge in [0, 0.05) is 17.8 Å². The summed E-state index contributed by atoms with van der Waals surface area (Å²) in [6.07, 6.45) is 6.95. The van der Waals surface area contributed by atoms with Crippen molar-refractivity contribution in [3.63, 3.8) is 0 Å². The molecule has 1 fully saturated rings. The van der Waals surface area contributed by atoms with E-state index in [0.717, 1.165) is 17.8 Å². The number of imidazole rings is 1. The van der Waals surface area contributed by atoms with E-state index in [1.807, 2.05) is 10.8 Å². The predicted octanol–water partition coefficient (Wildman–Crippen LogP) is 4.52. The molecule has 0 spiro atoms. The minimum atomic E-state index is -0.590. The standard InChI is InChI=1S/C15H16Cl2FN3/c1-9-3-2-4-13(20-9)14-7-19-8-21(14)10-5-11(16)15(18)12(17)6-10/h5-9,13,20H,2-4H2,1H3. The lowest BCUT2D eigenvalue weighted by Crippen LogP contribution is -2.35. The quantitative estimate of drug-likeness (QED) is 0.822. The number of nitrogens with one attached hydrogen (secondary N) is 1. The molecule has 1 N–H and O–H groups in total. The van der Waals surface area contributed by atoms with Gasteiger partial charge in [-0.05, 0) is 38.3 Å². The summed E-state index contributed by atoms with van der Waals surface area (Å²) in [6.45, 7) is 2.18. The van der Waals surface area contributed by atoms with E-state index in [1.54, 1.807) is 18.5 Å². The van der Waals surface area contributed by atoms with E-state index >= 15 is 0 Å². The van der Waals surface area contributed by atoms with Crippen LogP contribution < -0.4 is 5.32 Å². The molecule has 6 heteroatoms. The van der Waals surface area contributed by atoms with E-state index in [2.05, 4.69) is 17.2 Å². The third-order valence-corrected chi connectivity index (χ3v) is 4.44. The van der Waals surface area contributed by atoms with Crippen molar-refractivity contribution < 1.29 is 4.39 Å². The first-order valence-corrected chi connectivity index (χ1v) is 7.75. The molecule has 2 unspecified atom stereocenters. The molecular formula is C15H16Cl2FN3. The number of rotatable bonds is 2. The Morgan fingerprint density at radius 3 is 2.67 bits per heavy atom. The molecule has 21 heavy (non-hydrogen) atoms. The topological polar surface area (TPSA) is 29.9 Å². The maximum atomic E-state index is 13.6. The molecule has 3 rings (SSSR count).